The lowest BCUT2D eigenvalue weighted by atomic mass is 10.1. The Hall–Kier alpha value is -2.76. The van der Waals surface area contributed by atoms with Crippen LogP contribution in [0.1, 0.15) is 42.2 Å². The second kappa shape index (κ2) is 11.0. The Bertz CT molecular complexity index is 677. The van der Waals surface area contributed by atoms with Gasteiger partial charge in [-0.1, -0.05) is 43.7 Å². The highest BCUT2D eigenvalue weighted by Gasteiger charge is 2.17. The Balaban J connectivity index is 1.80. The Morgan fingerprint density at radius 3 is 2.62 bits per heavy atom. The van der Waals surface area contributed by atoms with Crippen molar-refractivity contribution in [2.45, 2.75) is 32.6 Å². The lowest BCUT2D eigenvalue weighted by Crippen LogP contribution is -2.36. The second-order valence-electron chi connectivity index (χ2n) is 6.07. The van der Waals surface area contributed by atoms with Crippen LogP contribution in [0.2, 0.25) is 0 Å². The number of nitrogens with zero attached hydrogens (tertiary/aromatic N) is 3. The summed E-state index contributed by atoms with van der Waals surface area (Å²) in [5.41, 5.74) is 1.50. The summed E-state index contributed by atoms with van der Waals surface area (Å²) in [5, 5.41) is 2.92. The Morgan fingerprint density at radius 2 is 1.92 bits per heavy atom. The van der Waals surface area contributed by atoms with Crippen LogP contribution < -0.4 is 5.32 Å². The minimum Gasteiger partial charge on any atom is -0.356 e. The monoisotopic (exact) mass is 354 g/mol. The molecule has 2 amide bonds. The smallest absolute Gasteiger partial charge is 0.274 e. The number of unbranched alkanes of at least 4 members (excludes halogenated alkanes) is 1. The van der Waals surface area contributed by atoms with Crippen molar-refractivity contribution in [1.82, 2.24) is 20.2 Å². The maximum Gasteiger partial charge on any atom is 0.274 e. The van der Waals surface area contributed by atoms with E-state index in [1.807, 2.05) is 30.3 Å². The Kier molecular flexibility index (Phi) is 8.26. The fourth-order valence-corrected chi connectivity index (χ4v) is 2.55. The number of nitrogens with one attached hydrogen (secondary N) is 1. The van der Waals surface area contributed by atoms with Crippen LogP contribution in [0.25, 0.3) is 0 Å². The molecule has 2 rings (SSSR count). The average molecular weight is 354 g/mol. The number of rotatable bonds is 10. The number of benzene rings is 1. The minimum absolute atomic E-state index is 0.0469. The fraction of sp³-hybridized carbons (Fsp3) is 0.400. The van der Waals surface area contributed by atoms with Gasteiger partial charge in [-0.05, 0) is 18.4 Å². The van der Waals surface area contributed by atoms with Crippen LogP contribution in [0.5, 0.6) is 0 Å². The molecule has 0 saturated carbocycles. The summed E-state index contributed by atoms with van der Waals surface area (Å²) in [6.07, 6.45) is 7.44. The maximum atomic E-state index is 12.6. The first-order valence-electron chi connectivity index (χ1n) is 9.06. The molecule has 0 saturated heterocycles. The molecule has 1 heterocycles. The lowest BCUT2D eigenvalue weighted by molar-refractivity contribution is -0.121. The van der Waals surface area contributed by atoms with Crippen molar-refractivity contribution >= 4 is 11.8 Å². The molecule has 138 valence electrons. The van der Waals surface area contributed by atoms with Gasteiger partial charge in [-0.2, -0.15) is 0 Å². The molecule has 0 radical (unpaired) electrons. The number of amides is 2. The zero-order valence-corrected chi connectivity index (χ0v) is 15.2. The van der Waals surface area contributed by atoms with Crippen molar-refractivity contribution in [3.63, 3.8) is 0 Å². The van der Waals surface area contributed by atoms with Gasteiger partial charge in [-0.15, -0.1) is 0 Å². The molecule has 1 N–H and O–H groups in total. The second-order valence-corrected chi connectivity index (χ2v) is 6.07. The molecule has 0 aliphatic carbocycles. The van der Waals surface area contributed by atoms with E-state index < -0.39 is 0 Å². The largest absolute Gasteiger partial charge is 0.356 e. The van der Waals surface area contributed by atoms with Crippen molar-refractivity contribution < 1.29 is 9.59 Å². The molecule has 0 unspecified atom stereocenters. The van der Waals surface area contributed by atoms with Gasteiger partial charge in [0.2, 0.25) is 5.91 Å². The van der Waals surface area contributed by atoms with Crippen LogP contribution in [-0.2, 0) is 11.2 Å². The van der Waals surface area contributed by atoms with Crippen LogP contribution in [0, 0.1) is 0 Å². The predicted octanol–water partition coefficient (Wildman–Crippen LogP) is 2.47. The molecule has 0 bridgehead atoms. The van der Waals surface area contributed by atoms with E-state index in [-0.39, 0.29) is 18.2 Å². The van der Waals surface area contributed by atoms with E-state index in [4.69, 9.17) is 0 Å². The van der Waals surface area contributed by atoms with E-state index >= 15 is 0 Å². The van der Waals surface area contributed by atoms with Crippen LogP contribution in [0.15, 0.2) is 48.9 Å². The highest BCUT2D eigenvalue weighted by molar-refractivity contribution is 5.92. The molecule has 0 aliphatic rings. The zero-order chi connectivity index (χ0) is 18.6. The van der Waals surface area contributed by atoms with Crippen LogP contribution in [-0.4, -0.2) is 46.3 Å². The Morgan fingerprint density at radius 1 is 1.12 bits per heavy atom. The summed E-state index contributed by atoms with van der Waals surface area (Å²) in [5.74, 6) is -0.224. The topological polar surface area (TPSA) is 75.2 Å². The summed E-state index contributed by atoms with van der Waals surface area (Å²) in [6, 6.07) is 10.0. The first-order chi connectivity index (χ1) is 12.7. The van der Waals surface area contributed by atoms with E-state index in [9.17, 15) is 9.59 Å². The Labute approximate surface area is 154 Å². The molecule has 26 heavy (non-hydrogen) atoms. The molecule has 0 spiro atoms. The van der Waals surface area contributed by atoms with Gasteiger partial charge in [0.25, 0.3) is 5.91 Å². The molecule has 6 heteroatoms. The molecule has 1 aromatic carbocycles. The molecule has 0 fully saturated rings. The van der Waals surface area contributed by atoms with Crippen LogP contribution in [0.4, 0.5) is 0 Å². The first kappa shape index (κ1) is 19.6. The van der Waals surface area contributed by atoms with Gasteiger partial charge in [-0.3, -0.25) is 14.6 Å². The van der Waals surface area contributed by atoms with Gasteiger partial charge in [0.1, 0.15) is 5.69 Å². The SMILES string of the molecule is CCCCN(CCC(=O)NCCc1ccccc1)C(=O)c1cnccn1. The van der Waals surface area contributed by atoms with Gasteiger partial charge < -0.3 is 10.2 Å². The van der Waals surface area contributed by atoms with E-state index in [2.05, 4.69) is 22.2 Å². The van der Waals surface area contributed by atoms with Gasteiger partial charge in [0.15, 0.2) is 0 Å². The van der Waals surface area contributed by atoms with Gasteiger partial charge in [-0.25, -0.2) is 4.98 Å². The third-order valence-corrected chi connectivity index (χ3v) is 4.04. The minimum atomic E-state index is -0.177. The number of hydrogen-bond donors (Lipinski definition) is 1. The van der Waals surface area contributed by atoms with E-state index in [1.165, 1.54) is 24.2 Å². The molecule has 1 aromatic heterocycles. The highest BCUT2D eigenvalue weighted by atomic mass is 16.2. The summed E-state index contributed by atoms with van der Waals surface area (Å²) in [6.45, 7) is 3.66. The van der Waals surface area contributed by atoms with Crippen molar-refractivity contribution in [3.05, 3.63) is 60.2 Å². The van der Waals surface area contributed by atoms with Crippen molar-refractivity contribution in [1.29, 1.82) is 0 Å². The molecule has 0 atom stereocenters. The number of carbonyl (C=O) groups is 2. The lowest BCUT2D eigenvalue weighted by Gasteiger charge is -2.21. The molecular formula is C20H26N4O2. The standard InChI is InChI=1S/C20H26N4O2/c1-2-3-14-24(20(26)18-16-21-12-13-22-18)15-10-19(25)23-11-9-17-7-5-4-6-8-17/h4-8,12-13,16H,2-3,9-11,14-15H2,1H3,(H,23,25). The summed E-state index contributed by atoms with van der Waals surface area (Å²) in [4.78, 5) is 34.3. The van der Waals surface area contributed by atoms with Gasteiger partial charge >= 0.3 is 0 Å². The normalized spacial score (nSPS) is 10.3. The van der Waals surface area contributed by atoms with Crippen molar-refractivity contribution in [2.75, 3.05) is 19.6 Å². The summed E-state index contributed by atoms with van der Waals surface area (Å²) < 4.78 is 0. The maximum absolute atomic E-state index is 12.6. The summed E-state index contributed by atoms with van der Waals surface area (Å²) >= 11 is 0. The predicted molar refractivity (Wildman–Crippen MR) is 101 cm³/mol. The average Bonchev–Trinajstić information content (AvgIpc) is 2.69. The van der Waals surface area contributed by atoms with E-state index in [1.54, 1.807) is 4.90 Å². The van der Waals surface area contributed by atoms with Crippen LogP contribution in [0.3, 0.4) is 0 Å². The highest BCUT2D eigenvalue weighted by Crippen LogP contribution is 2.04. The quantitative estimate of drug-likeness (QED) is 0.711. The van der Waals surface area contributed by atoms with Gasteiger partial charge in [0.05, 0.1) is 6.20 Å². The fourth-order valence-electron chi connectivity index (χ4n) is 2.55. The molecular weight excluding hydrogens is 328 g/mol. The van der Waals surface area contributed by atoms with Gasteiger partial charge in [0, 0.05) is 38.4 Å². The van der Waals surface area contributed by atoms with E-state index in [0.717, 1.165) is 19.3 Å². The van der Waals surface area contributed by atoms with Crippen molar-refractivity contribution in [2.24, 2.45) is 0 Å². The number of aromatic nitrogens is 2. The molecule has 0 aliphatic heterocycles. The summed E-state index contributed by atoms with van der Waals surface area (Å²) in [7, 11) is 0. The van der Waals surface area contributed by atoms with Crippen molar-refractivity contribution in [3.8, 4) is 0 Å². The third-order valence-electron chi connectivity index (χ3n) is 4.04. The number of hydrogen-bond acceptors (Lipinski definition) is 4. The van der Waals surface area contributed by atoms with Crippen LogP contribution >= 0.6 is 0 Å². The van der Waals surface area contributed by atoms with E-state index in [0.29, 0.717) is 25.3 Å². The first-order valence-corrected chi connectivity index (χ1v) is 9.06. The molecule has 2 aromatic rings. The number of carbonyl (C=O) groups excluding carboxylic acids is 2. The third kappa shape index (κ3) is 6.63. The zero-order valence-electron chi connectivity index (χ0n) is 15.2. The molecule has 6 nitrogen and oxygen atoms in total.